The van der Waals surface area contributed by atoms with Crippen molar-refractivity contribution in [3.63, 3.8) is 0 Å². The van der Waals surface area contributed by atoms with E-state index in [-0.39, 0.29) is 18.6 Å². The third-order valence-corrected chi connectivity index (χ3v) is 3.97. The number of pyridine rings is 1. The SMILES string of the molecule is CCc1nc2c(C)cc(Br)cn2c1C(=O)NC(CC)CO. The first kappa shape index (κ1) is 16.0. The number of aliphatic hydroxyl groups is 1. The standard InChI is InChI=1S/C15H20BrN3O2/c1-4-11(8-20)17-15(21)13-12(5-2)18-14-9(3)6-10(16)7-19(13)14/h6-7,11,20H,4-5,8H2,1-3H3,(H,17,21). The van der Waals surface area contributed by atoms with Crippen molar-refractivity contribution in [1.29, 1.82) is 0 Å². The molecular weight excluding hydrogens is 334 g/mol. The minimum atomic E-state index is -0.235. The lowest BCUT2D eigenvalue weighted by molar-refractivity contribution is 0.0908. The predicted octanol–water partition coefficient (Wildman–Crippen LogP) is 2.47. The van der Waals surface area contributed by atoms with Crippen molar-refractivity contribution in [2.75, 3.05) is 6.61 Å². The molecule has 2 N–H and O–H groups in total. The molecule has 0 fully saturated rings. The van der Waals surface area contributed by atoms with Crippen molar-refractivity contribution >= 4 is 27.5 Å². The van der Waals surface area contributed by atoms with E-state index in [1.807, 2.05) is 37.4 Å². The highest BCUT2D eigenvalue weighted by atomic mass is 79.9. The molecule has 0 aliphatic carbocycles. The molecule has 114 valence electrons. The molecule has 2 heterocycles. The van der Waals surface area contributed by atoms with Crippen molar-refractivity contribution < 1.29 is 9.90 Å². The fraction of sp³-hybridized carbons (Fsp3) is 0.467. The van der Waals surface area contributed by atoms with Crippen molar-refractivity contribution in [2.24, 2.45) is 0 Å². The summed E-state index contributed by atoms with van der Waals surface area (Å²) in [6.45, 7) is 5.81. The van der Waals surface area contributed by atoms with E-state index in [1.54, 1.807) is 0 Å². The van der Waals surface area contributed by atoms with Crippen LogP contribution in [0.5, 0.6) is 0 Å². The van der Waals surface area contributed by atoms with Gasteiger partial charge in [0.05, 0.1) is 18.3 Å². The van der Waals surface area contributed by atoms with Crippen molar-refractivity contribution in [1.82, 2.24) is 14.7 Å². The maximum atomic E-state index is 12.6. The number of rotatable bonds is 5. The number of aryl methyl sites for hydroxylation is 2. The van der Waals surface area contributed by atoms with Gasteiger partial charge >= 0.3 is 0 Å². The van der Waals surface area contributed by atoms with Crippen LogP contribution in [0.3, 0.4) is 0 Å². The second kappa shape index (κ2) is 6.58. The van der Waals surface area contributed by atoms with Gasteiger partial charge in [0.15, 0.2) is 0 Å². The van der Waals surface area contributed by atoms with E-state index in [4.69, 9.17) is 0 Å². The molecule has 1 atom stereocenters. The van der Waals surface area contributed by atoms with Gasteiger partial charge < -0.3 is 10.4 Å². The van der Waals surface area contributed by atoms with Crippen molar-refractivity contribution in [2.45, 2.75) is 39.7 Å². The first-order valence-electron chi connectivity index (χ1n) is 7.10. The molecule has 2 aromatic rings. The number of carbonyl (C=O) groups excluding carboxylic acids is 1. The summed E-state index contributed by atoms with van der Waals surface area (Å²) in [5.41, 5.74) is 3.11. The number of amides is 1. The highest BCUT2D eigenvalue weighted by molar-refractivity contribution is 9.10. The fourth-order valence-corrected chi connectivity index (χ4v) is 2.88. The summed E-state index contributed by atoms with van der Waals surface area (Å²) in [6.07, 6.45) is 3.21. The average Bonchev–Trinajstić information content (AvgIpc) is 2.83. The number of hydrogen-bond acceptors (Lipinski definition) is 3. The first-order chi connectivity index (χ1) is 10.0. The van der Waals surface area contributed by atoms with Gasteiger partial charge in [-0.2, -0.15) is 0 Å². The topological polar surface area (TPSA) is 66.6 Å². The second-order valence-corrected chi connectivity index (χ2v) is 5.97. The molecule has 21 heavy (non-hydrogen) atoms. The van der Waals surface area contributed by atoms with Gasteiger partial charge in [-0.05, 0) is 47.3 Å². The van der Waals surface area contributed by atoms with Gasteiger partial charge in [-0.15, -0.1) is 0 Å². The lowest BCUT2D eigenvalue weighted by Gasteiger charge is -2.14. The smallest absolute Gasteiger partial charge is 0.270 e. The number of nitrogens with one attached hydrogen (secondary N) is 1. The Morgan fingerprint density at radius 1 is 1.52 bits per heavy atom. The lowest BCUT2D eigenvalue weighted by atomic mass is 10.2. The summed E-state index contributed by atoms with van der Waals surface area (Å²) >= 11 is 3.46. The lowest BCUT2D eigenvalue weighted by Crippen LogP contribution is -2.37. The number of nitrogens with zero attached hydrogens (tertiary/aromatic N) is 2. The van der Waals surface area contributed by atoms with Gasteiger partial charge in [-0.3, -0.25) is 9.20 Å². The molecule has 1 amide bonds. The number of aliphatic hydroxyl groups excluding tert-OH is 1. The Kier molecular flexibility index (Phi) is 5.00. The molecule has 0 spiro atoms. The van der Waals surface area contributed by atoms with Crippen molar-refractivity contribution in [3.8, 4) is 0 Å². The summed E-state index contributed by atoms with van der Waals surface area (Å²) in [6, 6.07) is 1.74. The van der Waals surface area contributed by atoms with Crippen LogP contribution in [0.4, 0.5) is 0 Å². The Balaban J connectivity index is 2.53. The van der Waals surface area contributed by atoms with Gasteiger partial charge in [-0.25, -0.2) is 4.98 Å². The zero-order valence-corrected chi connectivity index (χ0v) is 14.1. The summed E-state index contributed by atoms with van der Waals surface area (Å²) < 4.78 is 2.72. The Bertz CT molecular complexity index is 662. The van der Waals surface area contributed by atoms with E-state index >= 15 is 0 Å². The third kappa shape index (κ3) is 3.11. The van der Waals surface area contributed by atoms with Gasteiger partial charge in [0.2, 0.25) is 0 Å². The van der Waals surface area contributed by atoms with Crippen LogP contribution >= 0.6 is 15.9 Å². The predicted molar refractivity (Wildman–Crippen MR) is 85.6 cm³/mol. The maximum Gasteiger partial charge on any atom is 0.270 e. The molecule has 0 saturated carbocycles. The summed E-state index contributed by atoms with van der Waals surface area (Å²) in [5.74, 6) is -0.197. The van der Waals surface area contributed by atoms with Gasteiger partial charge in [0.1, 0.15) is 11.3 Å². The van der Waals surface area contributed by atoms with E-state index < -0.39 is 0 Å². The summed E-state index contributed by atoms with van der Waals surface area (Å²) in [7, 11) is 0. The Morgan fingerprint density at radius 3 is 2.81 bits per heavy atom. The van der Waals surface area contributed by atoms with Gasteiger partial charge in [-0.1, -0.05) is 13.8 Å². The summed E-state index contributed by atoms with van der Waals surface area (Å²) in [4.78, 5) is 17.1. The number of imidazole rings is 1. The number of aromatic nitrogens is 2. The quantitative estimate of drug-likeness (QED) is 0.867. The fourth-order valence-electron chi connectivity index (χ4n) is 2.33. The minimum absolute atomic E-state index is 0.0663. The van der Waals surface area contributed by atoms with Crippen LogP contribution in [0.2, 0.25) is 0 Å². The van der Waals surface area contributed by atoms with Crippen LogP contribution in [-0.4, -0.2) is 33.0 Å². The van der Waals surface area contributed by atoms with Crippen molar-refractivity contribution in [3.05, 3.63) is 33.7 Å². The van der Waals surface area contributed by atoms with Crippen LogP contribution in [-0.2, 0) is 6.42 Å². The molecule has 0 aromatic carbocycles. The molecule has 0 aliphatic rings. The number of carbonyl (C=O) groups is 1. The molecule has 0 radical (unpaired) electrons. The zero-order chi connectivity index (χ0) is 15.6. The van der Waals surface area contributed by atoms with Crippen LogP contribution in [0.1, 0.15) is 42.0 Å². The largest absolute Gasteiger partial charge is 0.394 e. The Labute approximate surface area is 132 Å². The average molecular weight is 354 g/mol. The van der Waals surface area contributed by atoms with Crippen LogP contribution < -0.4 is 5.32 Å². The third-order valence-electron chi connectivity index (χ3n) is 3.54. The second-order valence-electron chi connectivity index (χ2n) is 5.06. The van der Waals surface area contributed by atoms with Crippen LogP contribution in [0, 0.1) is 6.92 Å². The van der Waals surface area contributed by atoms with E-state index in [0.717, 1.165) is 21.4 Å². The molecular formula is C15H20BrN3O2. The summed E-state index contributed by atoms with van der Waals surface area (Å²) in [5, 5.41) is 12.1. The highest BCUT2D eigenvalue weighted by Crippen LogP contribution is 2.21. The molecule has 0 bridgehead atoms. The van der Waals surface area contributed by atoms with Gasteiger partial charge in [0, 0.05) is 10.7 Å². The highest BCUT2D eigenvalue weighted by Gasteiger charge is 2.21. The molecule has 1 unspecified atom stereocenters. The molecule has 2 aromatic heterocycles. The van der Waals surface area contributed by atoms with E-state index in [9.17, 15) is 9.90 Å². The number of fused-ring (bicyclic) bond motifs is 1. The van der Waals surface area contributed by atoms with E-state index in [1.165, 1.54) is 0 Å². The zero-order valence-electron chi connectivity index (χ0n) is 12.5. The normalized spacial score (nSPS) is 12.6. The number of halogens is 1. The maximum absolute atomic E-state index is 12.6. The number of hydrogen-bond donors (Lipinski definition) is 2. The Hall–Kier alpha value is -1.40. The molecule has 6 heteroatoms. The molecule has 0 saturated heterocycles. The van der Waals surface area contributed by atoms with Crippen LogP contribution in [0.15, 0.2) is 16.7 Å². The minimum Gasteiger partial charge on any atom is -0.394 e. The first-order valence-corrected chi connectivity index (χ1v) is 7.89. The molecule has 5 nitrogen and oxygen atoms in total. The van der Waals surface area contributed by atoms with Gasteiger partial charge in [0.25, 0.3) is 5.91 Å². The molecule has 2 rings (SSSR count). The molecule has 0 aliphatic heterocycles. The Morgan fingerprint density at radius 2 is 2.24 bits per heavy atom. The van der Waals surface area contributed by atoms with E-state index in [0.29, 0.717) is 18.5 Å². The monoisotopic (exact) mass is 353 g/mol. The van der Waals surface area contributed by atoms with Crippen LogP contribution in [0.25, 0.3) is 5.65 Å². The van der Waals surface area contributed by atoms with E-state index in [2.05, 4.69) is 26.2 Å².